The number of benzene rings is 1. The first-order valence-corrected chi connectivity index (χ1v) is 7.32. The summed E-state index contributed by atoms with van der Waals surface area (Å²) in [6, 6.07) is 9.38. The molecule has 0 aliphatic carbocycles. The van der Waals surface area contributed by atoms with E-state index in [-0.39, 0.29) is 0 Å². The van der Waals surface area contributed by atoms with Crippen molar-refractivity contribution in [1.29, 1.82) is 5.26 Å². The van der Waals surface area contributed by atoms with Crippen molar-refractivity contribution in [2.45, 2.75) is 3.12 Å². The Balaban J connectivity index is 2.47. The minimum atomic E-state index is -1.50. The SMILES string of the molecule is N#Cc1cn(SC(Cl)(Cl)Cl)cc1-c1ccccc1Cl. The second-order valence-corrected chi connectivity index (χ2v) is 8.15. The molecule has 0 spiro atoms. The van der Waals surface area contributed by atoms with Crippen LogP contribution >= 0.6 is 58.4 Å². The second-order valence-electron chi connectivity index (χ2n) is 3.57. The van der Waals surface area contributed by atoms with Gasteiger partial charge in [-0.3, -0.25) is 3.97 Å². The fourth-order valence-corrected chi connectivity index (χ4v) is 3.10. The van der Waals surface area contributed by atoms with Gasteiger partial charge in [0.05, 0.1) is 5.56 Å². The molecule has 98 valence electrons. The maximum Gasteiger partial charge on any atom is 0.256 e. The first-order chi connectivity index (χ1) is 8.90. The van der Waals surface area contributed by atoms with Crippen LogP contribution in [-0.2, 0) is 0 Å². The molecule has 0 saturated heterocycles. The Morgan fingerprint density at radius 1 is 1.11 bits per heavy atom. The topological polar surface area (TPSA) is 28.7 Å². The quantitative estimate of drug-likeness (QED) is 0.668. The van der Waals surface area contributed by atoms with E-state index in [1.807, 2.05) is 18.2 Å². The minimum absolute atomic E-state index is 0.467. The molecule has 0 saturated carbocycles. The van der Waals surface area contributed by atoms with E-state index in [1.54, 1.807) is 22.4 Å². The molecule has 0 unspecified atom stereocenters. The fraction of sp³-hybridized carbons (Fsp3) is 0.0833. The third kappa shape index (κ3) is 3.75. The molecule has 0 fully saturated rings. The highest BCUT2D eigenvalue weighted by Crippen LogP contribution is 2.41. The molecule has 2 aromatic rings. The predicted molar refractivity (Wildman–Crippen MR) is 82.9 cm³/mol. The van der Waals surface area contributed by atoms with Gasteiger partial charge in [-0.25, -0.2) is 0 Å². The summed E-state index contributed by atoms with van der Waals surface area (Å²) in [5.41, 5.74) is 1.94. The third-order valence-corrected chi connectivity index (χ3v) is 3.88. The Bertz CT molecular complexity index is 640. The molecule has 0 N–H and O–H groups in total. The normalized spacial score (nSPS) is 11.3. The highest BCUT2D eigenvalue weighted by Gasteiger charge is 2.23. The molecule has 19 heavy (non-hydrogen) atoms. The van der Waals surface area contributed by atoms with E-state index in [9.17, 15) is 0 Å². The van der Waals surface area contributed by atoms with Gasteiger partial charge >= 0.3 is 0 Å². The summed E-state index contributed by atoms with van der Waals surface area (Å²) in [6.45, 7) is 0. The summed E-state index contributed by atoms with van der Waals surface area (Å²) < 4.78 is 0.0910. The van der Waals surface area contributed by atoms with E-state index in [0.717, 1.165) is 17.5 Å². The third-order valence-electron chi connectivity index (χ3n) is 2.30. The number of rotatable bonds is 2. The average Bonchev–Trinajstić information content (AvgIpc) is 2.70. The molecule has 7 heteroatoms. The number of nitriles is 1. The van der Waals surface area contributed by atoms with Crippen LogP contribution in [0.25, 0.3) is 11.1 Å². The zero-order valence-electron chi connectivity index (χ0n) is 9.28. The Morgan fingerprint density at radius 2 is 1.79 bits per heavy atom. The maximum atomic E-state index is 9.17. The zero-order valence-corrected chi connectivity index (χ0v) is 13.1. The summed E-state index contributed by atoms with van der Waals surface area (Å²) in [5.74, 6) is 0. The molecule has 0 amide bonds. The lowest BCUT2D eigenvalue weighted by Crippen LogP contribution is -1.97. The summed E-state index contributed by atoms with van der Waals surface area (Å²) in [7, 11) is 0. The van der Waals surface area contributed by atoms with Crippen molar-refractivity contribution < 1.29 is 0 Å². The average molecular weight is 352 g/mol. The number of aromatic nitrogens is 1. The van der Waals surface area contributed by atoms with Gasteiger partial charge in [-0.15, -0.1) is 0 Å². The monoisotopic (exact) mass is 350 g/mol. The van der Waals surface area contributed by atoms with Crippen LogP contribution in [0.4, 0.5) is 0 Å². The van der Waals surface area contributed by atoms with Gasteiger partial charge in [0.2, 0.25) is 0 Å². The summed E-state index contributed by atoms with van der Waals surface area (Å²) in [5, 5.41) is 9.73. The lowest BCUT2D eigenvalue weighted by molar-refractivity contribution is 1.27. The van der Waals surface area contributed by atoms with Crippen LogP contribution in [0.3, 0.4) is 0 Å². The number of nitrogens with zero attached hydrogens (tertiary/aromatic N) is 2. The number of hydrogen-bond acceptors (Lipinski definition) is 2. The maximum absolute atomic E-state index is 9.17. The number of hydrogen-bond donors (Lipinski definition) is 0. The standard InChI is InChI=1S/C12H6Cl4N2S/c13-11-4-2-1-3-9(11)10-7-18(6-8(10)5-17)19-12(14,15)16/h1-4,6-7H. The van der Waals surface area contributed by atoms with E-state index < -0.39 is 3.12 Å². The van der Waals surface area contributed by atoms with Crippen molar-refractivity contribution in [1.82, 2.24) is 3.97 Å². The van der Waals surface area contributed by atoms with Crippen molar-refractivity contribution in [3.63, 3.8) is 0 Å². The lowest BCUT2D eigenvalue weighted by atomic mass is 10.1. The molecular weight excluding hydrogens is 346 g/mol. The van der Waals surface area contributed by atoms with Crippen LogP contribution in [-0.4, -0.2) is 7.10 Å². The van der Waals surface area contributed by atoms with Gasteiger partial charge in [0.15, 0.2) is 0 Å². The first-order valence-electron chi connectivity index (χ1n) is 5.04. The molecule has 0 atom stereocenters. The van der Waals surface area contributed by atoms with Gasteiger partial charge in [0.1, 0.15) is 6.07 Å². The summed E-state index contributed by atoms with van der Waals surface area (Å²) in [6.07, 6.45) is 3.32. The fourth-order valence-electron chi connectivity index (χ4n) is 1.59. The molecule has 2 rings (SSSR count). The van der Waals surface area contributed by atoms with E-state index in [1.165, 1.54) is 0 Å². The van der Waals surface area contributed by atoms with E-state index >= 15 is 0 Å². The molecule has 0 radical (unpaired) electrons. The molecule has 0 aliphatic heterocycles. The highest BCUT2D eigenvalue weighted by molar-refractivity contribution is 8.03. The molecule has 1 aromatic heterocycles. The van der Waals surface area contributed by atoms with Crippen molar-refractivity contribution >= 4 is 58.4 Å². The van der Waals surface area contributed by atoms with Gasteiger partial charge in [-0.2, -0.15) is 5.26 Å². The molecular formula is C12H6Cl4N2S. The lowest BCUT2D eigenvalue weighted by Gasteiger charge is -2.09. The molecule has 0 aliphatic rings. The van der Waals surface area contributed by atoms with Crippen LogP contribution in [0.5, 0.6) is 0 Å². The van der Waals surface area contributed by atoms with Crippen molar-refractivity contribution in [2.75, 3.05) is 0 Å². The van der Waals surface area contributed by atoms with Gasteiger partial charge in [0.25, 0.3) is 3.12 Å². The van der Waals surface area contributed by atoms with Crippen LogP contribution in [0.1, 0.15) is 5.56 Å². The largest absolute Gasteiger partial charge is 0.294 e. The van der Waals surface area contributed by atoms with Crippen molar-refractivity contribution in [3.05, 3.63) is 47.2 Å². The Labute approximate surface area is 135 Å². The molecule has 2 nitrogen and oxygen atoms in total. The minimum Gasteiger partial charge on any atom is -0.294 e. The highest BCUT2D eigenvalue weighted by atomic mass is 35.6. The number of halogens is 4. The van der Waals surface area contributed by atoms with Crippen LogP contribution in [0.2, 0.25) is 5.02 Å². The van der Waals surface area contributed by atoms with Crippen LogP contribution < -0.4 is 0 Å². The van der Waals surface area contributed by atoms with Crippen LogP contribution in [0, 0.1) is 11.3 Å². The smallest absolute Gasteiger partial charge is 0.256 e. The Kier molecular flexibility index (Phi) is 4.60. The molecule has 0 bridgehead atoms. The second kappa shape index (κ2) is 5.87. The van der Waals surface area contributed by atoms with E-state index in [4.69, 9.17) is 51.7 Å². The van der Waals surface area contributed by atoms with Gasteiger partial charge < -0.3 is 0 Å². The first kappa shape index (κ1) is 14.9. The van der Waals surface area contributed by atoms with Gasteiger partial charge in [-0.1, -0.05) is 64.6 Å². The van der Waals surface area contributed by atoms with Crippen molar-refractivity contribution in [3.8, 4) is 17.2 Å². The molecule has 1 heterocycles. The van der Waals surface area contributed by atoms with Gasteiger partial charge in [0, 0.05) is 40.5 Å². The molecule has 1 aromatic carbocycles. The number of alkyl halides is 3. The summed E-state index contributed by atoms with van der Waals surface area (Å²) in [4.78, 5) is 0. The summed E-state index contributed by atoms with van der Waals surface area (Å²) >= 11 is 24.2. The zero-order chi connectivity index (χ0) is 14.0. The van der Waals surface area contributed by atoms with E-state index in [2.05, 4.69) is 6.07 Å². The Hall–Kier alpha value is -0.500. The van der Waals surface area contributed by atoms with Gasteiger partial charge in [-0.05, 0) is 6.07 Å². The predicted octanol–water partition coefficient (Wildman–Crippen LogP) is 5.50. The van der Waals surface area contributed by atoms with Crippen molar-refractivity contribution in [2.24, 2.45) is 0 Å². The van der Waals surface area contributed by atoms with Crippen LogP contribution in [0.15, 0.2) is 36.7 Å². The van der Waals surface area contributed by atoms with E-state index in [0.29, 0.717) is 16.1 Å². The Morgan fingerprint density at radius 3 is 2.37 bits per heavy atom.